The number of aromatic hydroxyl groups is 3. The number of Topliss-reactive ketones (excluding diaryl/α,β-unsaturated/α-hetero) is 1. The Balaban J connectivity index is 2.09. The summed E-state index contributed by atoms with van der Waals surface area (Å²) in [6.07, 6.45) is 0. The number of ether oxygens (including phenoxy) is 3. The Morgan fingerprint density at radius 1 is 1.00 bits per heavy atom. The van der Waals surface area contributed by atoms with E-state index in [1.54, 1.807) is 0 Å². The molecule has 0 unspecified atom stereocenters. The third-order valence-corrected chi connectivity index (χ3v) is 3.94. The monoisotopic (exact) mass is 332 g/mol. The van der Waals surface area contributed by atoms with Crippen molar-refractivity contribution in [3.05, 3.63) is 35.4 Å². The second-order valence-corrected chi connectivity index (χ2v) is 5.33. The van der Waals surface area contributed by atoms with E-state index in [2.05, 4.69) is 0 Å². The Labute approximate surface area is 137 Å². The molecule has 0 saturated carbocycles. The van der Waals surface area contributed by atoms with Crippen LogP contribution in [0.3, 0.4) is 0 Å². The molecule has 0 bridgehead atoms. The molecule has 7 heteroatoms. The molecule has 2 aromatic carbocycles. The smallest absolute Gasteiger partial charge is 0.181 e. The van der Waals surface area contributed by atoms with Crippen molar-refractivity contribution < 1.29 is 34.3 Å². The van der Waals surface area contributed by atoms with Crippen LogP contribution in [0.1, 0.15) is 21.8 Å². The molecule has 0 fully saturated rings. The molecule has 2 aromatic rings. The highest BCUT2D eigenvalue weighted by Crippen LogP contribution is 2.44. The Hall–Kier alpha value is -3.09. The van der Waals surface area contributed by atoms with E-state index in [0.717, 1.165) is 6.07 Å². The lowest BCUT2D eigenvalue weighted by Gasteiger charge is -2.26. The van der Waals surface area contributed by atoms with Gasteiger partial charge in [-0.15, -0.1) is 0 Å². The van der Waals surface area contributed by atoms with Crippen molar-refractivity contribution in [2.75, 3.05) is 20.8 Å². The first kappa shape index (κ1) is 15.8. The summed E-state index contributed by atoms with van der Waals surface area (Å²) in [6.45, 7) is -0.0170. The van der Waals surface area contributed by atoms with Crippen molar-refractivity contribution in [1.29, 1.82) is 0 Å². The molecule has 24 heavy (non-hydrogen) atoms. The van der Waals surface area contributed by atoms with E-state index < -0.39 is 11.7 Å². The van der Waals surface area contributed by atoms with E-state index in [0.29, 0.717) is 11.3 Å². The lowest BCUT2D eigenvalue weighted by molar-refractivity contribution is 0.0890. The summed E-state index contributed by atoms with van der Waals surface area (Å²) < 4.78 is 15.8. The summed E-state index contributed by atoms with van der Waals surface area (Å²) in [5, 5.41) is 29.5. The highest BCUT2D eigenvalue weighted by atomic mass is 16.5. The van der Waals surface area contributed by atoms with Crippen LogP contribution in [0.5, 0.6) is 34.5 Å². The largest absolute Gasteiger partial charge is 0.508 e. The topological polar surface area (TPSA) is 105 Å². The maximum absolute atomic E-state index is 12.8. The van der Waals surface area contributed by atoms with Gasteiger partial charge in [0.2, 0.25) is 0 Å². The Morgan fingerprint density at radius 3 is 2.38 bits per heavy atom. The maximum atomic E-state index is 12.8. The molecule has 0 aliphatic carbocycles. The van der Waals surface area contributed by atoms with Crippen LogP contribution in [-0.2, 0) is 0 Å². The van der Waals surface area contributed by atoms with Crippen LogP contribution in [0, 0.1) is 0 Å². The summed E-state index contributed by atoms with van der Waals surface area (Å²) in [4.78, 5) is 12.8. The van der Waals surface area contributed by atoms with E-state index in [9.17, 15) is 20.1 Å². The number of benzene rings is 2. The molecule has 1 heterocycles. The van der Waals surface area contributed by atoms with Crippen LogP contribution < -0.4 is 14.2 Å². The number of fused-ring (bicyclic) bond motifs is 1. The Morgan fingerprint density at radius 2 is 1.71 bits per heavy atom. The average molecular weight is 332 g/mol. The summed E-state index contributed by atoms with van der Waals surface area (Å²) in [5.74, 6) is -1.18. The molecule has 0 amide bonds. The standard InChI is InChI=1S/C17H16O7/c1-22-13-6-14(23-2)11(19)5-9(13)10-7-24-15-4-8(18)3-12(20)16(15)17(10)21/h3-6,10,18-20H,7H2,1-2H3/t10-/m0/s1. The van der Waals surface area contributed by atoms with Crippen molar-refractivity contribution in [3.63, 3.8) is 0 Å². The molecule has 0 saturated heterocycles. The first-order valence-corrected chi connectivity index (χ1v) is 7.14. The predicted octanol–water partition coefficient (Wildman–Crippen LogP) is 2.18. The second kappa shape index (κ2) is 5.84. The normalized spacial score (nSPS) is 16.2. The molecule has 3 rings (SSSR count). The van der Waals surface area contributed by atoms with Gasteiger partial charge in [0.05, 0.1) is 20.1 Å². The fourth-order valence-corrected chi connectivity index (χ4v) is 2.78. The van der Waals surface area contributed by atoms with Gasteiger partial charge in [0.15, 0.2) is 17.3 Å². The van der Waals surface area contributed by atoms with Crippen molar-refractivity contribution in [1.82, 2.24) is 0 Å². The molecule has 0 radical (unpaired) electrons. The van der Waals surface area contributed by atoms with Gasteiger partial charge in [-0.3, -0.25) is 4.79 Å². The third-order valence-electron chi connectivity index (χ3n) is 3.94. The highest BCUT2D eigenvalue weighted by molar-refractivity contribution is 6.07. The number of hydrogen-bond donors (Lipinski definition) is 3. The third kappa shape index (κ3) is 2.44. The molecule has 3 N–H and O–H groups in total. The summed E-state index contributed by atoms with van der Waals surface area (Å²) in [6, 6.07) is 5.20. The van der Waals surface area contributed by atoms with Crippen LogP contribution in [0.4, 0.5) is 0 Å². The molecule has 1 atom stereocenters. The quantitative estimate of drug-likeness (QED) is 0.791. The number of methoxy groups -OCH3 is 2. The Bertz CT molecular complexity index is 813. The van der Waals surface area contributed by atoms with Crippen molar-refractivity contribution in [3.8, 4) is 34.5 Å². The van der Waals surface area contributed by atoms with E-state index in [4.69, 9.17) is 14.2 Å². The number of phenolic OH excluding ortho intramolecular Hbond substituents is 3. The average Bonchev–Trinajstić information content (AvgIpc) is 2.54. The molecule has 1 aliphatic heterocycles. The van der Waals surface area contributed by atoms with Crippen molar-refractivity contribution in [2.24, 2.45) is 0 Å². The van der Waals surface area contributed by atoms with Gasteiger partial charge in [-0.05, 0) is 6.07 Å². The van der Waals surface area contributed by atoms with Gasteiger partial charge in [-0.1, -0.05) is 0 Å². The van der Waals surface area contributed by atoms with Gasteiger partial charge < -0.3 is 29.5 Å². The molecule has 0 spiro atoms. The fraction of sp³-hybridized carbons (Fsp3) is 0.235. The minimum atomic E-state index is -0.778. The number of carbonyl (C=O) groups excluding carboxylic acids is 1. The fourth-order valence-electron chi connectivity index (χ4n) is 2.78. The molecule has 1 aliphatic rings. The number of hydrogen-bond acceptors (Lipinski definition) is 7. The van der Waals surface area contributed by atoms with Crippen LogP contribution in [0.2, 0.25) is 0 Å². The van der Waals surface area contributed by atoms with E-state index in [1.807, 2.05) is 0 Å². The van der Waals surface area contributed by atoms with Crippen LogP contribution in [-0.4, -0.2) is 41.9 Å². The maximum Gasteiger partial charge on any atom is 0.181 e. The summed E-state index contributed by atoms with van der Waals surface area (Å²) in [5.41, 5.74) is 0.403. The molecule has 7 nitrogen and oxygen atoms in total. The first-order chi connectivity index (χ1) is 11.5. The summed E-state index contributed by atoms with van der Waals surface area (Å²) in [7, 11) is 2.84. The number of ketones is 1. The zero-order chi connectivity index (χ0) is 17.4. The highest BCUT2D eigenvalue weighted by Gasteiger charge is 2.35. The van der Waals surface area contributed by atoms with Gasteiger partial charge in [0.1, 0.15) is 35.2 Å². The van der Waals surface area contributed by atoms with E-state index in [-0.39, 0.29) is 40.9 Å². The van der Waals surface area contributed by atoms with E-state index in [1.165, 1.54) is 32.4 Å². The van der Waals surface area contributed by atoms with Gasteiger partial charge in [-0.25, -0.2) is 0 Å². The van der Waals surface area contributed by atoms with Crippen LogP contribution >= 0.6 is 0 Å². The minimum Gasteiger partial charge on any atom is -0.508 e. The second-order valence-electron chi connectivity index (χ2n) is 5.33. The van der Waals surface area contributed by atoms with Gasteiger partial charge in [0.25, 0.3) is 0 Å². The number of phenols is 3. The van der Waals surface area contributed by atoms with E-state index >= 15 is 0 Å². The van der Waals surface area contributed by atoms with Gasteiger partial charge in [0, 0.05) is 23.8 Å². The predicted molar refractivity (Wildman–Crippen MR) is 83.5 cm³/mol. The zero-order valence-corrected chi connectivity index (χ0v) is 13.1. The lowest BCUT2D eigenvalue weighted by Crippen LogP contribution is -2.26. The zero-order valence-electron chi connectivity index (χ0n) is 13.1. The summed E-state index contributed by atoms with van der Waals surface area (Å²) >= 11 is 0. The Kier molecular flexibility index (Phi) is 3.84. The van der Waals surface area contributed by atoms with Crippen LogP contribution in [0.25, 0.3) is 0 Å². The van der Waals surface area contributed by atoms with Gasteiger partial charge in [-0.2, -0.15) is 0 Å². The number of rotatable bonds is 3. The molecule has 126 valence electrons. The first-order valence-electron chi connectivity index (χ1n) is 7.14. The van der Waals surface area contributed by atoms with Gasteiger partial charge >= 0.3 is 0 Å². The van der Waals surface area contributed by atoms with Crippen molar-refractivity contribution in [2.45, 2.75) is 5.92 Å². The number of carbonyl (C=O) groups is 1. The minimum absolute atomic E-state index is 0.0126. The lowest BCUT2D eigenvalue weighted by atomic mass is 9.87. The van der Waals surface area contributed by atoms with Crippen molar-refractivity contribution >= 4 is 5.78 Å². The molecular weight excluding hydrogens is 316 g/mol. The van der Waals surface area contributed by atoms with Crippen LogP contribution in [0.15, 0.2) is 24.3 Å². The molecule has 0 aromatic heterocycles. The molecular formula is C17H16O7. The SMILES string of the molecule is COc1cc(OC)c([C@@H]2COc3cc(O)cc(O)c3C2=O)cc1O.